The molecule has 7 atom stereocenters. The number of fused-ring (bicyclic) bond motifs is 1. The maximum Gasteiger partial charge on any atom is 0.108 e. The molecule has 0 radical (unpaired) electrons. The van der Waals surface area contributed by atoms with Gasteiger partial charge < -0.3 is 9.84 Å². The molecule has 3 fully saturated rings. The summed E-state index contributed by atoms with van der Waals surface area (Å²) >= 11 is 0. The second-order valence-electron chi connectivity index (χ2n) is 10.6. The van der Waals surface area contributed by atoms with Crippen LogP contribution in [0.3, 0.4) is 0 Å². The molecule has 152 valence electrons. The first-order valence-corrected chi connectivity index (χ1v) is 11.3. The Morgan fingerprint density at radius 3 is 2.15 bits per heavy atom. The lowest BCUT2D eigenvalue weighted by Crippen LogP contribution is -2.44. The Kier molecular flexibility index (Phi) is 6.73. The molecule has 0 amide bonds. The van der Waals surface area contributed by atoms with E-state index in [-0.39, 0.29) is 6.23 Å². The summed E-state index contributed by atoms with van der Waals surface area (Å²) in [7, 11) is 1.91. The van der Waals surface area contributed by atoms with Gasteiger partial charge in [-0.15, -0.1) is 0 Å². The van der Waals surface area contributed by atoms with Crippen molar-refractivity contribution in [3.05, 3.63) is 0 Å². The van der Waals surface area contributed by atoms with E-state index >= 15 is 0 Å². The highest BCUT2D eigenvalue weighted by Gasteiger charge is 2.47. The Hall–Kier alpha value is -0.120. The molecule has 3 heteroatoms. The van der Waals surface area contributed by atoms with Crippen LogP contribution >= 0.6 is 0 Å². The molecule has 2 saturated carbocycles. The zero-order valence-electron chi connectivity index (χ0n) is 17.9. The fourth-order valence-corrected chi connectivity index (χ4v) is 6.67. The Morgan fingerprint density at radius 1 is 1.00 bits per heavy atom. The monoisotopic (exact) mass is 365 g/mol. The summed E-state index contributed by atoms with van der Waals surface area (Å²) in [6.07, 6.45) is 7.73. The molecule has 0 aromatic rings. The summed E-state index contributed by atoms with van der Waals surface area (Å²) in [6, 6.07) is 0.559. The number of hydrogen-bond acceptors (Lipinski definition) is 3. The minimum absolute atomic E-state index is 0.287. The van der Waals surface area contributed by atoms with Gasteiger partial charge in [0.1, 0.15) is 6.23 Å². The highest BCUT2D eigenvalue weighted by Crippen LogP contribution is 2.48. The third-order valence-corrected chi connectivity index (χ3v) is 8.15. The van der Waals surface area contributed by atoms with Crippen LogP contribution in [0, 0.1) is 47.3 Å². The molecule has 3 rings (SSSR count). The molecule has 0 spiro atoms. The first-order chi connectivity index (χ1) is 12.3. The summed E-state index contributed by atoms with van der Waals surface area (Å²) in [6.45, 7) is 11.8. The van der Waals surface area contributed by atoms with Gasteiger partial charge >= 0.3 is 0 Å². The average Bonchev–Trinajstić information content (AvgIpc) is 2.89. The lowest BCUT2D eigenvalue weighted by atomic mass is 9.63. The lowest BCUT2D eigenvalue weighted by molar-refractivity contribution is -0.0726. The molecule has 0 aromatic heterocycles. The van der Waals surface area contributed by atoms with Crippen molar-refractivity contribution in [1.29, 1.82) is 0 Å². The molecule has 1 saturated heterocycles. The summed E-state index contributed by atoms with van der Waals surface area (Å²) in [4.78, 5) is 0. The molecular formula is C23H43NO2. The van der Waals surface area contributed by atoms with Crippen LogP contribution in [0.25, 0.3) is 0 Å². The van der Waals surface area contributed by atoms with Crippen LogP contribution in [-0.2, 0) is 4.74 Å². The van der Waals surface area contributed by atoms with Gasteiger partial charge in [0, 0.05) is 19.1 Å². The molecule has 1 aliphatic heterocycles. The number of rotatable bonds is 5. The van der Waals surface area contributed by atoms with Gasteiger partial charge in [0.15, 0.2) is 0 Å². The van der Waals surface area contributed by atoms with Crippen molar-refractivity contribution in [3.63, 3.8) is 0 Å². The van der Waals surface area contributed by atoms with Crippen LogP contribution in [0.15, 0.2) is 0 Å². The fourth-order valence-electron chi connectivity index (χ4n) is 6.67. The summed E-state index contributed by atoms with van der Waals surface area (Å²) < 4.78 is 6.02. The van der Waals surface area contributed by atoms with Crippen LogP contribution in [-0.4, -0.2) is 30.6 Å². The van der Waals surface area contributed by atoms with Gasteiger partial charge in [-0.25, -0.2) is 0 Å². The van der Waals surface area contributed by atoms with Crippen LogP contribution in [0.2, 0.25) is 0 Å². The highest BCUT2D eigenvalue weighted by molar-refractivity contribution is 4.98. The third kappa shape index (κ3) is 4.15. The summed E-state index contributed by atoms with van der Waals surface area (Å²) in [5, 5.41) is 14.3. The molecule has 6 unspecified atom stereocenters. The van der Waals surface area contributed by atoms with E-state index in [0.717, 1.165) is 11.8 Å². The zero-order chi connectivity index (χ0) is 19.0. The summed E-state index contributed by atoms with van der Waals surface area (Å²) in [5.41, 5.74) is 0. The number of ether oxygens (including phenoxy) is 1. The Bertz CT molecular complexity index is 433. The van der Waals surface area contributed by atoms with Crippen molar-refractivity contribution in [3.8, 4) is 0 Å². The average molecular weight is 366 g/mol. The van der Waals surface area contributed by atoms with E-state index in [1.54, 1.807) is 0 Å². The van der Waals surface area contributed by atoms with Gasteiger partial charge in [-0.2, -0.15) is 0 Å². The number of nitrogens with one attached hydrogen (secondary N) is 1. The number of methoxy groups -OCH3 is 1. The van der Waals surface area contributed by atoms with Crippen molar-refractivity contribution in [2.75, 3.05) is 7.11 Å². The van der Waals surface area contributed by atoms with Crippen molar-refractivity contribution in [2.45, 2.75) is 91.5 Å². The first kappa shape index (κ1) is 20.6. The van der Waals surface area contributed by atoms with E-state index in [9.17, 15) is 5.11 Å². The second kappa shape index (κ2) is 8.49. The molecule has 3 aliphatic rings. The van der Waals surface area contributed by atoms with E-state index in [1.807, 2.05) is 7.11 Å². The van der Waals surface area contributed by atoms with Crippen LogP contribution in [0.1, 0.15) is 73.1 Å². The third-order valence-electron chi connectivity index (χ3n) is 8.15. The smallest absolute Gasteiger partial charge is 0.108 e. The minimum atomic E-state index is -0.287. The largest absolute Gasteiger partial charge is 0.381 e. The maximum absolute atomic E-state index is 10.7. The molecule has 0 aromatic carbocycles. The molecule has 0 bridgehead atoms. The van der Waals surface area contributed by atoms with Gasteiger partial charge in [-0.3, -0.25) is 5.32 Å². The molecule has 1 heterocycles. The minimum Gasteiger partial charge on any atom is -0.381 e. The van der Waals surface area contributed by atoms with Crippen molar-refractivity contribution < 1.29 is 9.84 Å². The predicted octanol–water partition coefficient (Wildman–Crippen LogP) is 4.69. The van der Waals surface area contributed by atoms with Gasteiger partial charge in [0.2, 0.25) is 0 Å². The number of aliphatic hydroxyl groups is 1. The zero-order valence-corrected chi connectivity index (χ0v) is 17.9. The Morgan fingerprint density at radius 2 is 1.62 bits per heavy atom. The molecular weight excluding hydrogens is 322 g/mol. The Labute approximate surface area is 161 Å². The Balaban J connectivity index is 1.72. The molecule has 2 aliphatic carbocycles. The maximum atomic E-state index is 10.7. The fraction of sp³-hybridized carbons (Fsp3) is 1.00. The van der Waals surface area contributed by atoms with E-state index in [0.29, 0.717) is 47.7 Å². The SMILES string of the molecule is COC1C(C(C)C)CC(CC2C(O)N[C@H]3CCC(C)CC23)CC1C(C)C. The number of aliphatic hydroxyl groups excluding tert-OH is 1. The van der Waals surface area contributed by atoms with E-state index in [2.05, 4.69) is 39.9 Å². The second-order valence-corrected chi connectivity index (χ2v) is 10.6. The number of hydrogen-bond donors (Lipinski definition) is 2. The molecule has 2 N–H and O–H groups in total. The standard InChI is InChI=1S/C23H43NO2/c1-13(2)17-10-16(11-18(14(3)4)22(17)26-6)12-20-19-9-15(5)7-8-21(19)24-23(20)25/h13-25H,7-12H2,1-6H3/t15?,16?,17?,18?,19?,20?,21-,22?,23?/m0/s1. The van der Waals surface area contributed by atoms with Gasteiger partial charge in [-0.1, -0.05) is 34.6 Å². The summed E-state index contributed by atoms with van der Waals surface area (Å²) in [5.74, 6) is 5.32. The first-order valence-electron chi connectivity index (χ1n) is 11.3. The quantitative estimate of drug-likeness (QED) is 0.743. The van der Waals surface area contributed by atoms with Gasteiger partial charge in [0.25, 0.3) is 0 Å². The lowest BCUT2D eigenvalue weighted by Gasteiger charge is -2.46. The normalized spacial score (nSPS) is 46.7. The van der Waals surface area contributed by atoms with E-state index in [4.69, 9.17) is 4.74 Å². The van der Waals surface area contributed by atoms with Crippen LogP contribution < -0.4 is 5.32 Å². The van der Waals surface area contributed by atoms with Crippen LogP contribution in [0.4, 0.5) is 0 Å². The highest BCUT2D eigenvalue weighted by atomic mass is 16.5. The predicted molar refractivity (Wildman–Crippen MR) is 108 cm³/mol. The van der Waals surface area contributed by atoms with E-state index < -0.39 is 0 Å². The van der Waals surface area contributed by atoms with Crippen molar-refractivity contribution in [1.82, 2.24) is 5.32 Å². The van der Waals surface area contributed by atoms with Gasteiger partial charge in [0.05, 0.1) is 6.10 Å². The molecule has 26 heavy (non-hydrogen) atoms. The molecule has 3 nitrogen and oxygen atoms in total. The van der Waals surface area contributed by atoms with Crippen LogP contribution in [0.5, 0.6) is 0 Å². The topological polar surface area (TPSA) is 41.5 Å². The van der Waals surface area contributed by atoms with E-state index in [1.165, 1.54) is 38.5 Å². The van der Waals surface area contributed by atoms with Gasteiger partial charge in [-0.05, 0) is 80.0 Å². The van der Waals surface area contributed by atoms with Crippen molar-refractivity contribution in [2.24, 2.45) is 47.3 Å². The van der Waals surface area contributed by atoms with Crippen molar-refractivity contribution >= 4 is 0 Å².